The van der Waals surface area contributed by atoms with Crippen LogP contribution >= 0.6 is 0 Å². The number of carbonyl (C=O) groups is 1. The second-order valence-electron chi connectivity index (χ2n) is 7.69. The molecule has 148 valence electrons. The highest BCUT2D eigenvalue weighted by Crippen LogP contribution is 2.39. The van der Waals surface area contributed by atoms with E-state index >= 15 is 0 Å². The van der Waals surface area contributed by atoms with Gasteiger partial charge >= 0.3 is 0 Å². The van der Waals surface area contributed by atoms with E-state index in [2.05, 4.69) is 10.3 Å². The van der Waals surface area contributed by atoms with E-state index in [0.29, 0.717) is 23.6 Å². The predicted octanol–water partition coefficient (Wildman–Crippen LogP) is 5.86. The van der Waals surface area contributed by atoms with Gasteiger partial charge in [-0.25, -0.2) is 8.78 Å². The summed E-state index contributed by atoms with van der Waals surface area (Å²) in [5.41, 5.74) is 4.05. The van der Waals surface area contributed by atoms with Crippen molar-refractivity contribution in [2.45, 2.75) is 32.1 Å². The number of pyridine rings is 1. The molecular formula is C24H22F2N2O. The number of nitrogens with one attached hydrogen (secondary N) is 1. The Bertz CT molecular complexity index is 1010. The topological polar surface area (TPSA) is 42.0 Å². The molecule has 1 N–H and O–H groups in total. The molecule has 1 atom stereocenters. The summed E-state index contributed by atoms with van der Waals surface area (Å²) in [5, 5.41) is 2.91. The van der Waals surface area contributed by atoms with Crippen molar-refractivity contribution in [1.29, 1.82) is 0 Å². The first-order valence-corrected chi connectivity index (χ1v) is 9.78. The van der Waals surface area contributed by atoms with Gasteiger partial charge in [-0.05, 0) is 72.4 Å². The molecule has 1 saturated carbocycles. The van der Waals surface area contributed by atoms with Gasteiger partial charge in [-0.15, -0.1) is 0 Å². The lowest BCUT2D eigenvalue weighted by atomic mass is 9.92. The minimum absolute atomic E-state index is 0.241. The molecule has 0 bridgehead atoms. The number of amides is 1. The van der Waals surface area contributed by atoms with Crippen LogP contribution in [0.4, 0.5) is 14.5 Å². The molecule has 0 saturated heterocycles. The number of hydrogen-bond acceptors (Lipinski definition) is 2. The van der Waals surface area contributed by atoms with Crippen molar-refractivity contribution in [2.24, 2.45) is 5.92 Å². The molecule has 0 unspecified atom stereocenters. The van der Waals surface area contributed by atoms with Crippen molar-refractivity contribution in [3.63, 3.8) is 0 Å². The van der Waals surface area contributed by atoms with E-state index in [0.717, 1.165) is 35.7 Å². The maximum Gasteiger partial charge on any atom is 0.231 e. The third-order valence-corrected chi connectivity index (χ3v) is 5.25. The summed E-state index contributed by atoms with van der Waals surface area (Å²) in [6.07, 6.45) is 4.48. The van der Waals surface area contributed by atoms with Crippen molar-refractivity contribution in [1.82, 2.24) is 4.98 Å². The molecule has 1 aliphatic rings. The molecular weight excluding hydrogens is 370 g/mol. The van der Waals surface area contributed by atoms with Gasteiger partial charge in [0.1, 0.15) is 11.6 Å². The van der Waals surface area contributed by atoms with E-state index in [1.807, 2.05) is 43.3 Å². The van der Waals surface area contributed by atoms with Crippen molar-refractivity contribution in [3.05, 3.63) is 83.7 Å². The molecule has 1 aliphatic carbocycles. The molecule has 2 aromatic carbocycles. The largest absolute Gasteiger partial charge is 0.326 e. The zero-order chi connectivity index (χ0) is 20.4. The van der Waals surface area contributed by atoms with Gasteiger partial charge in [-0.2, -0.15) is 0 Å². The SMILES string of the molecule is Cc1cc(-c2ccc(NC(=O)[C@@H](CC3CC3)c3cc(F)cc(F)c3)cc2)ccn1. The van der Waals surface area contributed by atoms with Gasteiger partial charge in [0.2, 0.25) is 5.91 Å². The molecule has 1 amide bonds. The first-order chi connectivity index (χ1) is 14.0. The normalized spacial score (nSPS) is 14.4. The van der Waals surface area contributed by atoms with Crippen LogP contribution < -0.4 is 5.32 Å². The van der Waals surface area contributed by atoms with E-state index in [1.54, 1.807) is 6.20 Å². The zero-order valence-electron chi connectivity index (χ0n) is 16.2. The number of aryl methyl sites for hydroxylation is 1. The summed E-state index contributed by atoms with van der Waals surface area (Å²) in [7, 11) is 0. The molecule has 0 aliphatic heterocycles. The molecule has 29 heavy (non-hydrogen) atoms. The van der Waals surface area contributed by atoms with Crippen LogP contribution in [-0.4, -0.2) is 10.9 Å². The predicted molar refractivity (Wildman–Crippen MR) is 109 cm³/mol. The van der Waals surface area contributed by atoms with Crippen LogP contribution in [0.25, 0.3) is 11.1 Å². The number of carbonyl (C=O) groups excluding carboxylic acids is 1. The van der Waals surface area contributed by atoms with Gasteiger partial charge in [0.25, 0.3) is 0 Å². The first-order valence-electron chi connectivity index (χ1n) is 9.78. The fourth-order valence-electron chi connectivity index (χ4n) is 3.56. The number of benzene rings is 2. The van der Waals surface area contributed by atoms with Gasteiger partial charge < -0.3 is 5.32 Å². The molecule has 3 aromatic rings. The van der Waals surface area contributed by atoms with E-state index in [-0.39, 0.29) is 5.91 Å². The van der Waals surface area contributed by atoms with Crippen LogP contribution in [0.1, 0.15) is 36.4 Å². The second kappa shape index (κ2) is 8.11. The Morgan fingerprint density at radius 3 is 2.34 bits per heavy atom. The minimum atomic E-state index is -0.661. The lowest BCUT2D eigenvalue weighted by Crippen LogP contribution is -2.22. The maximum atomic E-state index is 13.7. The van der Waals surface area contributed by atoms with Crippen LogP contribution in [0, 0.1) is 24.5 Å². The quantitative estimate of drug-likeness (QED) is 0.571. The van der Waals surface area contributed by atoms with E-state index in [1.165, 1.54) is 12.1 Å². The number of rotatable bonds is 6. The first kappa shape index (κ1) is 19.2. The van der Waals surface area contributed by atoms with Gasteiger partial charge in [0.05, 0.1) is 5.92 Å². The standard InChI is InChI=1S/C24H22F2N2O/c1-15-10-18(8-9-27-15)17-4-6-22(7-5-17)28-24(29)23(11-16-2-3-16)19-12-20(25)14-21(26)13-19/h4-10,12-14,16,23H,2-3,11H2,1H3,(H,28,29)/t23-/m0/s1. The third-order valence-electron chi connectivity index (χ3n) is 5.25. The monoisotopic (exact) mass is 392 g/mol. The molecule has 1 fully saturated rings. The van der Waals surface area contributed by atoms with Crippen molar-refractivity contribution < 1.29 is 13.6 Å². The van der Waals surface area contributed by atoms with Crippen LogP contribution in [-0.2, 0) is 4.79 Å². The average Bonchev–Trinajstić information content (AvgIpc) is 3.50. The molecule has 3 nitrogen and oxygen atoms in total. The van der Waals surface area contributed by atoms with Gasteiger partial charge in [0.15, 0.2) is 0 Å². The third kappa shape index (κ3) is 4.86. The summed E-state index contributed by atoms with van der Waals surface area (Å²) in [6.45, 7) is 1.94. The zero-order valence-corrected chi connectivity index (χ0v) is 16.2. The molecule has 1 heterocycles. The fraction of sp³-hybridized carbons (Fsp3) is 0.250. The number of halogens is 2. The summed E-state index contributed by atoms with van der Waals surface area (Å²) in [4.78, 5) is 17.1. The molecule has 0 spiro atoms. The summed E-state index contributed by atoms with van der Waals surface area (Å²) in [5.74, 6) is -1.70. The van der Waals surface area contributed by atoms with E-state index in [9.17, 15) is 13.6 Å². The Morgan fingerprint density at radius 2 is 1.72 bits per heavy atom. The van der Waals surface area contributed by atoms with Crippen LogP contribution in [0.3, 0.4) is 0 Å². The highest BCUT2D eigenvalue weighted by Gasteiger charge is 2.31. The highest BCUT2D eigenvalue weighted by molar-refractivity contribution is 5.96. The van der Waals surface area contributed by atoms with Crippen molar-refractivity contribution in [2.75, 3.05) is 5.32 Å². The molecule has 5 heteroatoms. The Labute approximate surface area is 168 Å². The Kier molecular flexibility index (Phi) is 5.38. The Hall–Kier alpha value is -3.08. The van der Waals surface area contributed by atoms with Crippen molar-refractivity contribution in [3.8, 4) is 11.1 Å². The van der Waals surface area contributed by atoms with Crippen LogP contribution in [0.5, 0.6) is 0 Å². The van der Waals surface area contributed by atoms with E-state index < -0.39 is 17.6 Å². The van der Waals surface area contributed by atoms with Crippen molar-refractivity contribution >= 4 is 11.6 Å². The summed E-state index contributed by atoms with van der Waals surface area (Å²) >= 11 is 0. The lowest BCUT2D eigenvalue weighted by Gasteiger charge is -2.18. The lowest BCUT2D eigenvalue weighted by molar-refractivity contribution is -0.117. The Balaban J connectivity index is 1.52. The number of anilines is 1. The summed E-state index contributed by atoms with van der Waals surface area (Å²) < 4.78 is 27.4. The molecule has 0 radical (unpaired) electrons. The van der Waals surface area contributed by atoms with Crippen LogP contribution in [0.2, 0.25) is 0 Å². The Morgan fingerprint density at radius 1 is 1.03 bits per heavy atom. The number of aromatic nitrogens is 1. The summed E-state index contributed by atoms with van der Waals surface area (Å²) in [6, 6.07) is 14.8. The van der Waals surface area contributed by atoms with Gasteiger partial charge in [-0.1, -0.05) is 25.0 Å². The smallest absolute Gasteiger partial charge is 0.231 e. The molecule has 4 rings (SSSR count). The molecule has 1 aromatic heterocycles. The van der Waals surface area contributed by atoms with Gasteiger partial charge in [-0.3, -0.25) is 9.78 Å². The minimum Gasteiger partial charge on any atom is -0.326 e. The average molecular weight is 392 g/mol. The highest BCUT2D eigenvalue weighted by atomic mass is 19.1. The van der Waals surface area contributed by atoms with Crippen LogP contribution in [0.15, 0.2) is 60.8 Å². The maximum absolute atomic E-state index is 13.7. The number of nitrogens with zero attached hydrogens (tertiary/aromatic N) is 1. The number of hydrogen-bond donors (Lipinski definition) is 1. The van der Waals surface area contributed by atoms with E-state index in [4.69, 9.17) is 0 Å². The second-order valence-corrected chi connectivity index (χ2v) is 7.69. The fourth-order valence-corrected chi connectivity index (χ4v) is 3.56. The van der Waals surface area contributed by atoms with Gasteiger partial charge in [0, 0.05) is 23.6 Å².